The van der Waals surface area contributed by atoms with Crippen molar-refractivity contribution in [2.45, 2.75) is 36.5 Å². The highest BCUT2D eigenvalue weighted by Gasteiger charge is 2.69. The zero-order valence-corrected chi connectivity index (χ0v) is 12.9. The van der Waals surface area contributed by atoms with Crippen LogP contribution in [0.3, 0.4) is 0 Å². The van der Waals surface area contributed by atoms with Crippen LogP contribution < -0.4 is 0 Å². The van der Waals surface area contributed by atoms with Gasteiger partial charge in [-0.25, -0.2) is 0 Å². The van der Waals surface area contributed by atoms with Crippen LogP contribution in [0.1, 0.15) is 12.8 Å². The van der Waals surface area contributed by atoms with Crippen molar-refractivity contribution in [2.75, 3.05) is 0 Å². The SMILES string of the molecule is O=C(OC(C(F)(F)F)C(F)(F)S(=O)(=O)O)C1C2CC3OC(=O)C1C3C2. The van der Waals surface area contributed by atoms with Crippen molar-refractivity contribution in [3.05, 3.63) is 0 Å². The Morgan fingerprint density at radius 2 is 1.84 bits per heavy atom. The summed E-state index contributed by atoms with van der Waals surface area (Å²) in [6.07, 6.45) is -10.3. The minimum Gasteiger partial charge on any atom is -0.462 e. The first-order chi connectivity index (χ1) is 11.2. The maximum absolute atomic E-state index is 13.5. The topological polar surface area (TPSA) is 107 Å². The number of carbonyl (C=O) groups excluding carboxylic acids is 2. The normalized spacial score (nSPS) is 35.6. The Balaban J connectivity index is 1.86. The summed E-state index contributed by atoms with van der Waals surface area (Å²) < 4.78 is 104. The minimum atomic E-state index is -6.51. The van der Waals surface area contributed by atoms with Gasteiger partial charge in [-0.1, -0.05) is 0 Å². The minimum absolute atomic E-state index is 0.193. The van der Waals surface area contributed by atoms with Crippen LogP contribution in [0, 0.1) is 23.7 Å². The second-order valence-corrected chi connectivity index (χ2v) is 7.81. The van der Waals surface area contributed by atoms with Gasteiger partial charge < -0.3 is 9.47 Å². The summed E-state index contributed by atoms with van der Waals surface area (Å²) in [4.78, 5) is 23.8. The molecule has 0 aromatic heterocycles. The molecule has 0 aromatic rings. The fourth-order valence-electron chi connectivity index (χ4n) is 3.98. The molecule has 13 heteroatoms. The fraction of sp³-hybridized carbons (Fsp3) is 0.833. The van der Waals surface area contributed by atoms with E-state index in [0.29, 0.717) is 6.42 Å². The summed E-state index contributed by atoms with van der Waals surface area (Å²) in [7, 11) is -6.51. The van der Waals surface area contributed by atoms with Gasteiger partial charge in [-0.15, -0.1) is 0 Å². The van der Waals surface area contributed by atoms with E-state index in [2.05, 4.69) is 4.74 Å². The summed E-state index contributed by atoms with van der Waals surface area (Å²) in [5, 5.41) is -5.79. The van der Waals surface area contributed by atoms with E-state index < -0.39 is 69.4 Å². The molecule has 6 unspecified atom stereocenters. The van der Waals surface area contributed by atoms with Crippen molar-refractivity contribution in [2.24, 2.45) is 23.7 Å². The number of halogens is 5. The Labute approximate surface area is 137 Å². The molecule has 2 saturated carbocycles. The molecule has 6 atom stereocenters. The third-order valence-corrected chi connectivity index (χ3v) is 5.84. The standard InChI is InChI=1S/C12H11F5O7S/c13-11(14,15)10(12(16,17)25(20,21)22)24-8(18)6-3-1-4-5(2-3)23-9(19)7(4)6/h3-7,10H,1-2H2,(H,20,21,22). The maximum Gasteiger partial charge on any atom is 0.432 e. The van der Waals surface area contributed by atoms with Gasteiger partial charge >= 0.3 is 33.5 Å². The third-order valence-electron chi connectivity index (χ3n) is 4.94. The summed E-state index contributed by atoms with van der Waals surface area (Å²) in [5.74, 6) is -6.07. The molecule has 1 N–H and O–H groups in total. The lowest BCUT2D eigenvalue weighted by Crippen LogP contribution is -2.53. The van der Waals surface area contributed by atoms with E-state index in [0.717, 1.165) is 0 Å². The first-order valence-electron chi connectivity index (χ1n) is 7.07. The quantitative estimate of drug-likeness (QED) is 0.433. The molecule has 1 heterocycles. The second-order valence-electron chi connectivity index (χ2n) is 6.32. The van der Waals surface area contributed by atoms with Crippen molar-refractivity contribution in [1.82, 2.24) is 0 Å². The van der Waals surface area contributed by atoms with Gasteiger partial charge in [-0.05, 0) is 18.8 Å². The van der Waals surface area contributed by atoms with Gasteiger partial charge in [0, 0.05) is 5.92 Å². The van der Waals surface area contributed by atoms with Gasteiger partial charge in [-0.3, -0.25) is 14.1 Å². The summed E-state index contributed by atoms with van der Waals surface area (Å²) in [6, 6.07) is 0. The lowest BCUT2D eigenvalue weighted by Gasteiger charge is -2.29. The lowest BCUT2D eigenvalue weighted by atomic mass is 9.80. The second kappa shape index (κ2) is 5.25. The number of carbonyl (C=O) groups is 2. The summed E-state index contributed by atoms with van der Waals surface area (Å²) in [6.45, 7) is 0. The van der Waals surface area contributed by atoms with Gasteiger partial charge in [0.25, 0.3) is 6.10 Å². The van der Waals surface area contributed by atoms with Crippen molar-refractivity contribution < 1.29 is 54.0 Å². The highest BCUT2D eigenvalue weighted by Crippen LogP contribution is 2.58. The Bertz CT molecular complexity index is 716. The average Bonchev–Trinajstić information content (AvgIpc) is 3.02. The van der Waals surface area contributed by atoms with Crippen LogP contribution in [0.5, 0.6) is 0 Å². The van der Waals surface area contributed by atoms with E-state index in [-0.39, 0.29) is 6.42 Å². The summed E-state index contributed by atoms with van der Waals surface area (Å²) >= 11 is 0. The molecule has 3 fully saturated rings. The van der Waals surface area contributed by atoms with E-state index in [1.54, 1.807) is 0 Å². The highest BCUT2D eigenvalue weighted by atomic mass is 32.2. The average molecular weight is 394 g/mol. The Morgan fingerprint density at radius 1 is 1.24 bits per heavy atom. The molecule has 0 spiro atoms. The number of esters is 2. The van der Waals surface area contributed by atoms with Gasteiger partial charge in [0.2, 0.25) is 0 Å². The number of fused-ring (bicyclic) bond motifs is 1. The lowest BCUT2D eigenvalue weighted by molar-refractivity contribution is -0.261. The zero-order valence-electron chi connectivity index (χ0n) is 12.1. The van der Waals surface area contributed by atoms with E-state index >= 15 is 0 Å². The molecule has 7 nitrogen and oxygen atoms in total. The Kier molecular flexibility index (Phi) is 3.84. The smallest absolute Gasteiger partial charge is 0.432 e. The van der Waals surface area contributed by atoms with Crippen LogP contribution in [0.2, 0.25) is 0 Å². The van der Waals surface area contributed by atoms with Gasteiger partial charge in [-0.2, -0.15) is 30.4 Å². The zero-order chi connectivity index (χ0) is 18.9. The van der Waals surface area contributed by atoms with Gasteiger partial charge in [0.1, 0.15) is 6.10 Å². The van der Waals surface area contributed by atoms with E-state index in [4.69, 9.17) is 9.29 Å². The molecule has 25 heavy (non-hydrogen) atoms. The van der Waals surface area contributed by atoms with Gasteiger partial charge in [0.15, 0.2) is 0 Å². The molecule has 2 aliphatic carbocycles. The Hall–Kier alpha value is -1.50. The van der Waals surface area contributed by atoms with Crippen LogP contribution in [-0.4, -0.2) is 48.5 Å². The molecule has 1 aliphatic heterocycles. The monoisotopic (exact) mass is 394 g/mol. The molecular weight excluding hydrogens is 383 g/mol. The predicted octanol–water partition coefficient (Wildman–Crippen LogP) is 1.14. The fourth-order valence-corrected chi connectivity index (χ4v) is 4.43. The third kappa shape index (κ3) is 2.67. The highest BCUT2D eigenvalue weighted by molar-refractivity contribution is 7.86. The summed E-state index contributed by atoms with van der Waals surface area (Å²) in [5.41, 5.74) is 0. The number of hydrogen-bond donors (Lipinski definition) is 1. The van der Waals surface area contributed by atoms with Crippen molar-refractivity contribution in [1.29, 1.82) is 0 Å². The van der Waals surface area contributed by atoms with Gasteiger partial charge in [0.05, 0.1) is 11.8 Å². The number of ether oxygens (including phenoxy) is 2. The van der Waals surface area contributed by atoms with Crippen LogP contribution in [-0.2, 0) is 29.2 Å². The molecule has 0 amide bonds. The maximum atomic E-state index is 13.5. The number of hydrogen-bond acceptors (Lipinski definition) is 6. The predicted molar refractivity (Wildman–Crippen MR) is 65.5 cm³/mol. The molecule has 0 aromatic carbocycles. The van der Waals surface area contributed by atoms with Crippen LogP contribution in [0.4, 0.5) is 22.0 Å². The molecule has 142 valence electrons. The van der Waals surface area contributed by atoms with E-state index in [9.17, 15) is 40.0 Å². The Morgan fingerprint density at radius 3 is 2.36 bits per heavy atom. The first-order valence-corrected chi connectivity index (χ1v) is 8.51. The van der Waals surface area contributed by atoms with Crippen molar-refractivity contribution in [3.8, 4) is 0 Å². The van der Waals surface area contributed by atoms with Crippen LogP contribution >= 0.6 is 0 Å². The molecular formula is C12H11F5O7S. The van der Waals surface area contributed by atoms with Crippen molar-refractivity contribution >= 4 is 22.1 Å². The largest absolute Gasteiger partial charge is 0.462 e. The molecule has 2 bridgehead atoms. The number of alkyl halides is 5. The number of rotatable bonds is 4. The van der Waals surface area contributed by atoms with Crippen molar-refractivity contribution in [3.63, 3.8) is 0 Å². The van der Waals surface area contributed by atoms with Crippen LogP contribution in [0.25, 0.3) is 0 Å². The molecule has 3 aliphatic rings. The van der Waals surface area contributed by atoms with E-state index in [1.165, 1.54) is 0 Å². The van der Waals surface area contributed by atoms with E-state index in [1.807, 2.05) is 0 Å². The molecule has 1 saturated heterocycles. The molecule has 0 radical (unpaired) electrons. The molecule has 3 rings (SSSR count). The first kappa shape index (κ1) is 18.3. The van der Waals surface area contributed by atoms with Crippen LogP contribution in [0.15, 0.2) is 0 Å².